The molecule has 0 aliphatic heterocycles. The van der Waals surface area contributed by atoms with Gasteiger partial charge in [-0.1, -0.05) is 6.92 Å². The minimum atomic E-state index is -3.14. The molecule has 0 unspecified atom stereocenters. The van der Waals surface area contributed by atoms with E-state index in [-0.39, 0.29) is 6.42 Å². The summed E-state index contributed by atoms with van der Waals surface area (Å²) in [6, 6.07) is 0. The number of Topliss-reactive ketones (excluding diaryl/α,β-unsaturated/α-hetero) is 2. The van der Waals surface area contributed by atoms with E-state index < -0.39 is 18.0 Å². The fraction of sp³-hybridized carbons (Fsp3) is 0.600. The van der Waals surface area contributed by atoms with Crippen LogP contribution in [0.5, 0.6) is 0 Å². The Balaban J connectivity index is 3.89. The number of halogens is 2. The van der Waals surface area contributed by atoms with Crippen molar-refractivity contribution < 1.29 is 18.4 Å². The molecule has 0 amide bonds. The molecule has 0 aromatic heterocycles. The largest absolute Gasteiger partial charge is 0.303 e. The van der Waals surface area contributed by atoms with Crippen molar-refractivity contribution in [1.29, 1.82) is 0 Å². The lowest BCUT2D eigenvalue weighted by atomic mass is 10.2. The van der Waals surface area contributed by atoms with Gasteiger partial charge in [-0.05, 0) is 0 Å². The third-order valence-corrected chi connectivity index (χ3v) is 0.794. The van der Waals surface area contributed by atoms with Crippen LogP contribution < -0.4 is 0 Å². The summed E-state index contributed by atoms with van der Waals surface area (Å²) in [6.45, 7) is 1.36. The summed E-state index contributed by atoms with van der Waals surface area (Å²) in [5, 5.41) is 0. The number of rotatable bonds is 3. The van der Waals surface area contributed by atoms with Gasteiger partial charge in [0.1, 0.15) is 0 Å². The molecule has 0 aliphatic rings. The molecule has 2 nitrogen and oxygen atoms in total. The van der Waals surface area contributed by atoms with E-state index in [0.29, 0.717) is 0 Å². The van der Waals surface area contributed by atoms with Gasteiger partial charge in [-0.2, -0.15) is 0 Å². The van der Waals surface area contributed by atoms with Gasteiger partial charge in [-0.3, -0.25) is 9.59 Å². The van der Waals surface area contributed by atoms with E-state index in [9.17, 15) is 18.4 Å². The molecule has 0 heterocycles. The quantitative estimate of drug-likeness (QED) is 0.538. The zero-order valence-corrected chi connectivity index (χ0v) is 4.86. The zero-order chi connectivity index (χ0) is 7.44. The Morgan fingerprint density at radius 3 is 2.00 bits per heavy atom. The summed E-state index contributed by atoms with van der Waals surface area (Å²) in [7, 11) is 0. The van der Waals surface area contributed by atoms with Crippen molar-refractivity contribution in [2.45, 2.75) is 19.8 Å². The normalized spacial score (nSPS) is 9.78. The summed E-state index contributed by atoms with van der Waals surface area (Å²) in [4.78, 5) is 20.1. The Hall–Kier alpha value is -0.800. The summed E-state index contributed by atoms with van der Waals surface area (Å²) < 4.78 is 22.6. The Morgan fingerprint density at radius 1 is 1.44 bits per heavy atom. The van der Waals surface area contributed by atoms with E-state index in [1.807, 2.05) is 0 Å². The van der Waals surface area contributed by atoms with Gasteiger partial charge in [0.25, 0.3) is 5.78 Å². The van der Waals surface area contributed by atoms with Crippen LogP contribution in [0.1, 0.15) is 13.3 Å². The number of hydrogen-bond acceptors (Lipinski definition) is 2. The van der Waals surface area contributed by atoms with E-state index in [0.717, 1.165) is 0 Å². The Kier molecular flexibility index (Phi) is 2.98. The lowest BCUT2D eigenvalue weighted by Gasteiger charge is -1.91. The van der Waals surface area contributed by atoms with Crippen molar-refractivity contribution in [2.75, 3.05) is 0 Å². The molecule has 0 fully saturated rings. The average molecular weight is 136 g/mol. The Morgan fingerprint density at radius 2 is 1.89 bits per heavy atom. The second-order valence-electron chi connectivity index (χ2n) is 1.44. The third-order valence-electron chi connectivity index (χ3n) is 0.794. The van der Waals surface area contributed by atoms with Gasteiger partial charge in [0.05, 0.1) is 0 Å². The predicted octanol–water partition coefficient (Wildman–Crippen LogP) is 0.800. The van der Waals surface area contributed by atoms with Gasteiger partial charge in [-0.15, -0.1) is 0 Å². The molecule has 0 radical (unpaired) electrons. The van der Waals surface area contributed by atoms with Crippen molar-refractivity contribution in [2.24, 2.45) is 0 Å². The summed E-state index contributed by atoms with van der Waals surface area (Å²) in [5.41, 5.74) is 0. The summed E-state index contributed by atoms with van der Waals surface area (Å²) >= 11 is 0. The molecule has 52 valence electrons. The maximum atomic E-state index is 11.3. The van der Waals surface area contributed by atoms with Gasteiger partial charge >= 0.3 is 6.43 Å². The average Bonchev–Trinajstić information content (AvgIpc) is 1.84. The van der Waals surface area contributed by atoms with Crippen LogP contribution in [0.4, 0.5) is 8.78 Å². The molecule has 0 atom stereocenters. The van der Waals surface area contributed by atoms with Crippen molar-refractivity contribution in [1.82, 2.24) is 0 Å². The maximum Gasteiger partial charge on any atom is 0.303 e. The third kappa shape index (κ3) is 2.30. The van der Waals surface area contributed by atoms with Gasteiger partial charge < -0.3 is 0 Å². The molecule has 0 saturated heterocycles. The summed E-state index contributed by atoms with van der Waals surface area (Å²) in [5.74, 6) is -2.59. The molecule has 4 heteroatoms. The van der Waals surface area contributed by atoms with Crippen LogP contribution in [0.3, 0.4) is 0 Å². The molecule has 0 saturated carbocycles. The van der Waals surface area contributed by atoms with Crippen LogP contribution in [0.25, 0.3) is 0 Å². The van der Waals surface area contributed by atoms with Crippen molar-refractivity contribution in [3.63, 3.8) is 0 Å². The Bertz CT molecular complexity index is 131. The standard InChI is InChI=1S/C5H6F2O2/c1-2-3(8)4(9)5(6)7/h5H,2H2,1H3. The van der Waals surface area contributed by atoms with Crippen LogP contribution >= 0.6 is 0 Å². The van der Waals surface area contributed by atoms with Gasteiger partial charge in [-0.25, -0.2) is 8.78 Å². The first-order chi connectivity index (χ1) is 4.09. The second-order valence-corrected chi connectivity index (χ2v) is 1.44. The van der Waals surface area contributed by atoms with Gasteiger partial charge in [0.2, 0.25) is 5.78 Å². The zero-order valence-electron chi connectivity index (χ0n) is 4.86. The second kappa shape index (κ2) is 3.27. The molecule has 0 aromatic rings. The van der Waals surface area contributed by atoms with E-state index >= 15 is 0 Å². The molecule has 0 rings (SSSR count). The molecule has 0 bridgehead atoms. The van der Waals surface area contributed by atoms with Crippen molar-refractivity contribution in [3.05, 3.63) is 0 Å². The topological polar surface area (TPSA) is 34.1 Å². The molecule has 0 spiro atoms. The van der Waals surface area contributed by atoms with E-state index in [4.69, 9.17) is 0 Å². The van der Waals surface area contributed by atoms with Gasteiger partial charge in [0, 0.05) is 6.42 Å². The Labute approximate surface area is 50.9 Å². The van der Waals surface area contributed by atoms with Crippen LogP contribution in [0.2, 0.25) is 0 Å². The first-order valence-corrected chi connectivity index (χ1v) is 2.44. The van der Waals surface area contributed by atoms with Crippen LogP contribution in [0.15, 0.2) is 0 Å². The number of alkyl halides is 2. The van der Waals surface area contributed by atoms with Crippen LogP contribution in [0, 0.1) is 0 Å². The van der Waals surface area contributed by atoms with E-state index in [2.05, 4.69) is 0 Å². The van der Waals surface area contributed by atoms with E-state index in [1.165, 1.54) is 6.92 Å². The lowest BCUT2D eigenvalue weighted by Crippen LogP contribution is -2.20. The first kappa shape index (κ1) is 8.20. The minimum absolute atomic E-state index is 0.150. The first-order valence-electron chi connectivity index (χ1n) is 2.44. The van der Waals surface area contributed by atoms with Crippen molar-refractivity contribution in [3.8, 4) is 0 Å². The number of hydrogen-bond donors (Lipinski definition) is 0. The summed E-state index contributed by atoms with van der Waals surface area (Å²) in [6.07, 6.45) is -3.29. The highest BCUT2D eigenvalue weighted by molar-refractivity contribution is 6.38. The molecule has 9 heavy (non-hydrogen) atoms. The predicted molar refractivity (Wildman–Crippen MR) is 26.3 cm³/mol. The SMILES string of the molecule is CCC(=O)C(=O)C(F)F. The highest BCUT2D eigenvalue weighted by atomic mass is 19.3. The smallest absolute Gasteiger partial charge is 0.291 e. The number of carbonyl (C=O) groups excluding carboxylic acids is 2. The fourth-order valence-corrected chi connectivity index (χ4v) is 0.296. The fourth-order valence-electron chi connectivity index (χ4n) is 0.296. The van der Waals surface area contributed by atoms with Crippen LogP contribution in [-0.2, 0) is 9.59 Å². The molecule has 0 aromatic carbocycles. The molecular weight excluding hydrogens is 130 g/mol. The maximum absolute atomic E-state index is 11.3. The minimum Gasteiger partial charge on any atom is -0.291 e. The monoisotopic (exact) mass is 136 g/mol. The van der Waals surface area contributed by atoms with Crippen LogP contribution in [-0.4, -0.2) is 18.0 Å². The number of ketones is 2. The van der Waals surface area contributed by atoms with E-state index in [1.54, 1.807) is 0 Å². The molecule has 0 aliphatic carbocycles. The van der Waals surface area contributed by atoms with Gasteiger partial charge in [0.15, 0.2) is 0 Å². The number of carbonyl (C=O) groups is 2. The lowest BCUT2D eigenvalue weighted by molar-refractivity contribution is -0.143. The highest BCUT2D eigenvalue weighted by Gasteiger charge is 2.21. The highest BCUT2D eigenvalue weighted by Crippen LogP contribution is 1.96. The molecule has 0 N–H and O–H groups in total. The molecular formula is C5H6F2O2. The van der Waals surface area contributed by atoms with Crippen molar-refractivity contribution >= 4 is 11.6 Å².